The number of carbonyl (C=O) groups excluding carboxylic acids is 1. The lowest BCUT2D eigenvalue weighted by Crippen LogP contribution is -2.51. The monoisotopic (exact) mass is 386 g/mol. The van der Waals surface area contributed by atoms with Crippen LogP contribution in [-0.2, 0) is 19.6 Å². The van der Waals surface area contributed by atoms with E-state index in [4.69, 9.17) is 0 Å². The predicted octanol–water partition coefficient (Wildman–Crippen LogP) is 1.53. The summed E-state index contributed by atoms with van der Waals surface area (Å²) in [6.45, 7) is 2.82. The van der Waals surface area contributed by atoms with E-state index in [1.807, 2.05) is 6.92 Å². The van der Waals surface area contributed by atoms with Crippen LogP contribution in [0.5, 0.6) is 0 Å². The number of hydrogen-bond acceptors (Lipinski definition) is 5. The van der Waals surface area contributed by atoms with E-state index in [1.165, 1.54) is 20.5 Å². The van der Waals surface area contributed by atoms with Gasteiger partial charge in [0, 0.05) is 24.5 Å². The maximum absolute atomic E-state index is 12.9. The fourth-order valence-electron chi connectivity index (χ4n) is 3.53. The van der Waals surface area contributed by atoms with Gasteiger partial charge in [-0.2, -0.15) is 4.31 Å². The highest BCUT2D eigenvalue weighted by molar-refractivity contribution is 7.91. The first-order chi connectivity index (χ1) is 11.8. The van der Waals surface area contributed by atoms with Crippen molar-refractivity contribution in [3.8, 4) is 0 Å². The van der Waals surface area contributed by atoms with Gasteiger partial charge < -0.3 is 10.0 Å². The van der Waals surface area contributed by atoms with Gasteiger partial charge in [0.15, 0.2) is 0 Å². The quantitative estimate of drug-likeness (QED) is 0.847. The summed E-state index contributed by atoms with van der Waals surface area (Å²) in [7, 11) is -3.69. The number of aliphatic carboxylic acids is 1. The molecule has 0 aromatic carbocycles. The van der Waals surface area contributed by atoms with E-state index in [-0.39, 0.29) is 16.7 Å². The second kappa shape index (κ2) is 7.05. The molecule has 1 amide bonds. The van der Waals surface area contributed by atoms with E-state index in [0.717, 1.165) is 4.88 Å². The lowest BCUT2D eigenvalue weighted by atomic mass is 9.97. The zero-order chi connectivity index (χ0) is 18.2. The number of aryl methyl sites for hydroxylation is 1. The second-order valence-corrected chi connectivity index (χ2v) is 10.0. The van der Waals surface area contributed by atoms with Crippen molar-refractivity contribution in [2.24, 2.45) is 5.92 Å². The predicted molar refractivity (Wildman–Crippen MR) is 92.9 cm³/mol. The van der Waals surface area contributed by atoms with Crippen molar-refractivity contribution in [3.63, 3.8) is 0 Å². The molecule has 2 aliphatic rings. The maximum Gasteiger partial charge on any atom is 0.308 e. The molecule has 0 bridgehead atoms. The number of sulfonamides is 1. The van der Waals surface area contributed by atoms with Gasteiger partial charge in [0.05, 0.1) is 5.92 Å². The summed E-state index contributed by atoms with van der Waals surface area (Å²) >= 11 is 1.20. The van der Waals surface area contributed by atoms with Gasteiger partial charge in [-0.1, -0.05) is 0 Å². The summed E-state index contributed by atoms with van der Waals surface area (Å²) in [5.41, 5.74) is 0. The van der Waals surface area contributed by atoms with Crippen LogP contribution in [0.25, 0.3) is 0 Å². The number of nitrogens with zero attached hydrogens (tertiary/aromatic N) is 2. The number of hydrogen-bond donors (Lipinski definition) is 1. The van der Waals surface area contributed by atoms with Gasteiger partial charge in [-0.25, -0.2) is 8.42 Å². The standard InChI is InChI=1S/C16H22N2O5S2/c1-11-6-7-14(24-11)25(22,23)18-9-3-5-13(18)15(19)17-8-2-4-12(10-17)16(20)21/h6-7,12-13H,2-5,8-10H2,1H3,(H,20,21). The summed E-state index contributed by atoms with van der Waals surface area (Å²) in [6, 6.07) is 2.61. The maximum atomic E-state index is 12.9. The van der Waals surface area contributed by atoms with Crippen LogP contribution in [-0.4, -0.2) is 60.3 Å². The molecule has 3 heterocycles. The Hall–Kier alpha value is -1.45. The number of amides is 1. The number of likely N-dealkylation sites (tertiary alicyclic amines) is 1. The summed E-state index contributed by atoms with van der Waals surface area (Å²) in [5.74, 6) is -1.73. The molecule has 0 radical (unpaired) electrons. The lowest BCUT2D eigenvalue weighted by Gasteiger charge is -2.34. The summed E-state index contributed by atoms with van der Waals surface area (Å²) in [5, 5.41) is 9.19. The molecule has 7 nitrogen and oxygen atoms in total. The molecule has 1 N–H and O–H groups in total. The average molecular weight is 386 g/mol. The van der Waals surface area contributed by atoms with Gasteiger partial charge in [-0.05, 0) is 44.7 Å². The summed E-state index contributed by atoms with van der Waals surface area (Å²) in [4.78, 5) is 26.5. The molecule has 0 aliphatic carbocycles. The van der Waals surface area contributed by atoms with Gasteiger partial charge in [0.25, 0.3) is 10.0 Å². The van der Waals surface area contributed by atoms with Crippen LogP contribution >= 0.6 is 11.3 Å². The molecule has 2 saturated heterocycles. The van der Waals surface area contributed by atoms with E-state index >= 15 is 0 Å². The Kier molecular flexibility index (Phi) is 5.17. The Morgan fingerprint density at radius 1 is 1.20 bits per heavy atom. The van der Waals surface area contributed by atoms with Crippen molar-refractivity contribution < 1.29 is 23.1 Å². The van der Waals surface area contributed by atoms with Gasteiger partial charge in [-0.15, -0.1) is 11.3 Å². The molecule has 2 fully saturated rings. The molecule has 1 aromatic heterocycles. The summed E-state index contributed by atoms with van der Waals surface area (Å²) < 4.78 is 27.3. The molecular formula is C16H22N2O5S2. The highest BCUT2D eigenvalue weighted by Crippen LogP contribution is 2.31. The third kappa shape index (κ3) is 3.58. The molecule has 138 valence electrons. The van der Waals surface area contributed by atoms with Crippen LogP contribution in [0.4, 0.5) is 0 Å². The third-order valence-corrected chi connectivity index (χ3v) is 8.23. The SMILES string of the molecule is Cc1ccc(S(=O)(=O)N2CCCC2C(=O)N2CCCC(C(=O)O)C2)s1. The first-order valence-electron chi connectivity index (χ1n) is 8.40. The number of carboxylic acid groups (broad SMARTS) is 1. The van der Waals surface area contributed by atoms with E-state index in [1.54, 1.807) is 12.1 Å². The van der Waals surface area contributed by atoms with Crippen LogP contribution in [0.15, 0.2) is 16.3 Å². The van der Waals surface area contributed by atoms with Crippen molar-refractivity contribution in [2.75, 3.05) is 19.6 Å². The first-order valence-corrected chi connectivity index (χ1v) is 10.7. The molecule has 1 aromatic rings. The highest BCUT2D eigenvalue weighted by Gasteiger charge is 2.42. The summed E-state index contributed by atoms with van der Waals surface area (Å²) in [6.07, 6.45) is 2.30. The van der Waals surface area contributed by atoms with Gasteiger partial charge in [0.2, 0.25) is 5.91 Å². The second-order valence-electron chi connectivity index (χ2n) is 6.60. The van der Waals surface area contributed by atoms with Crippen LogP contribution in [0, 0.1) is 12.8 Å². The van der Waals surface area contributed by atoms with Gasteiger partial charge in [-0.3, -0.25) is 9.59 Å². The number of thiophene rings is 1. The molecule has 3 rings (SSSR count). The number of rotatable bonds is 4. The fraction of sp³-hybridized carbons (Fsp3) is 0.625. The normalized spacial score (nSPS) is 25.2. The molecular weight excluding hydrogens is 364 g/mol. The van der Waals surface area contributed by atoms with E-state index in [0.29, 0.717) is 38.8 Å². The highest BCUT2D eigenvalue weighted by atomic mass is 32.2. The Balaban J connectivity index is 1.79. The van der Waals surface area contributed by atoms with Crippen molar-refractivity contribution >= 4 is 33.2 Å². The van der Waals surface area contributed by atoms with Gasteiger partial charge in [0.1, 0.15) is 10.3 Å². The molecule has 2 aliphatic heterocycles. The zero-order valence-electron chi connectivity index (χ0n) is 14.1. The minimum absolute atomic E-state index is 0.163. The Labute approximate surface area is 151 Å². The van der Waals surface area contributed by atoms with Crippen LogP contribution in [0.2, 0.25) is 0 Å². The number of carbonyl (C=O) groups is 2. The molecule has 25 heavy (non-hydrogen) atoms. The van der Waals surface area contributed by atoms with E-state index in [9.17, 15) is 23.1 Å². The van der Waals surface area contributed by atoms with Crippen molar-refractivity contribution in [1.82, 2.24) is 9.21 Å². The topological polar surface area (TPSA) is 95.0 Å². The van der Waals surface area contributed by atoms with Crippen molar-refractivity contribution in [2.45, 2.75) is 42.9 Å². The molecule has 9 heteroatoms. The molecule has 0 saturated carbocycles. The first kappa shape index (κ1) is 18.3. The van der Waals surface area contributed by atoms with Crippen molar-refractivity contribution in [3.05, 3.63) is 17.0 Å². The molecule has 0 spiro atoms. The largest absolute Gasteiger partial charge is 0.481 e. The average Bonchev–Trinajstić information content (AvgIpc) is 3.23. The van der Waals surface area contributed by atoms with Crippen LogP contribution < -0.4 is 0 Å². The fourth-order valence-corrected chi connectivity index (χ4v) is 6.59. The van der Waals surface area contributed by atoms with E-state index < -0.39 is 28.0 Å². The molecule has 2 unspecified atom stereocenters. The number of carboxylic acids is 1. The lowest BCUT2D eigenvalue weighted by molar-refractivity contribution is -0.146. The number of piperidine rings is 1. The van der Waals surface area contributed by atoms with Crippen LogP contribution in [0.1, 0.15) is 30.6 Å². The Morgan fingerprint density at radius 3 is 2.56 bits per heavy atom. The Morgan fingerprint density at radius 2 is 1.92 bits per heavy atom. The Bertz CT molecular complexity index is 773. The minimum Gasteiger partial charge on any atom is -0.481 e. The smallest absolute Gasteiger partial charge is 0.308 e. The minimum atomic E-state index is -3.69. The van der Waals surface area contributed by atoms with Gasteiger partial charge >= 0.3 is 5.97 Å². The van der Waals surface area contributed by atoms with Crippen LogP contribution in [0.3, 0.4) is 0 Å². The van der Waals surface area contributed by atoms with Crippen molar-refractivity contribution in [1.29, 1.82) is 0 Å². The molecule has 2 atom stereocenters. The third-order valence-electron chi connectivity index (χ3n) is 4.85. The zero-order valence-corrected chi connectivity index (χ0v) is 15.7. The van der Waals surface area contributed by atoms with E-state index in [2.05, 4.69) is 0 Å².